The molecule has 0 bridgehead atoms. The topological polar surface area (TPSA) is 49.8 Å². The van der Waals surface area contributed by atoms with Gasteiger partial charge in [0.05, 0.1) is 6.07 Å². The fraction of sp³-hybridized carbons (Fsp3) is 0.167. The van der Waals surface area contributed by atoms with Gasteiger partial charge < -0.3 is 5.73 Å². The minimum absolute atomic E-state index is 0.558. The summed E-state index contributed by atoms with van der Waals surface area (Å²) in [7, 11) is 0. The van der Waals surface area contributed by atoms with Crippen LogP contribution in [-0.2, 0) is 0 Å². The van der Waals surface area contributed by atoms with E-state index in [4.69, 9.17) is 11.0 Å². The van der Waals surface area contributed by atoms with E-state index in [1.807, 2.05) is 6.07 Å². The zero-order valence-corrected chi connectivity index (χ0v) is 4.59. The van der Waals surface area contributed by atoms with Gasteiger partial charge in [-0.3, -0.25) is 0 Å². The number of hydrogen-bond acceptors (Lipinski definition) is 2. The second-order valence-corrected chi connectivity index (χ2v) is 1.34. The molecule has 0 atom stereocenters. The molecule has 0 fully saturated rings. The number of nitrogens with zero attached hydrogens (tertiary/aromatic N) is 1. The van der Waals surface area contributed by atoms with Crippen molar-refractivity contribution in [3.63, 3.8) is 0 Å². The molecule has 42 valence electrons. The minimum atomic E-state index is 0.558. The fourth-order valence-corrected chi connectivity index (χ4v) is 0.309. The number of nitrogens with two attached hydrogens (primary N) is 1. The third-order valence-electron chi connectivity index (χ3n) is 0.630. The first-order chi connectivity index (χ1) is 3.81. The Bertz CT molecular complexity index is 139. The molecule has 0 aliphatic rings. The quantitative estimate of drug-likeness (QED) is 0.422. The van der Waals surface area contributed by atoms with Crippen molar-refractivity contribution in [1.29, 1.82) is 5.26 Å². The summed E-state index contributed by atoms with van der Waals surface area (Å²) in [6.45, 7) is 3.45. The lowest BCUT2D eigenvalue weighted by atomic mass is 10.3. The summed E-state index contributed by atoms with van der Waals surface area (Å²) in [5, 5.41) is 8.02. The van der Waals surface area contributed by atoms with Crippen molar-refractivity contribution >= 4 is 0 Å². The van der Waals surface area contributed by atoms with Gasteiger partial charge in [0.15, 0.2) is 0 Å². The second kappa shape index (κ2) is 3.94. The molecule has 2 nitrogen and oxygen atoms in total. The molecule has 0 saturated carbocycles. The van der Waals surface area contributed by atoms with E-state index in [0.29, 0.717) is 12.1 Å². The molecule has 0 spiro atoms. The van der Waals surface area contributed by atoms with Crippen LogP contribution in [0.1, 0.15) is 6.42 Å². The van der Waals surface area contributed by atoms with Crippen LogP contribution in [0, 0.1) is 11.3 Å². The molecular weight excluding hydrogens is 100 g/mol. The maximum atomic E-state index is 8.02. The third-order valence-corrected chi connectivity index (χ3v) is 0.630. The van der Waals surface area contributed by atoms with Gasteiger partial charge >= 0.3 is 0 Å². The first kappa shape index (κ1) is 6.77. The van der Waals surface area contributed by atoms with E-state index >= 15 is 0 Å². The summed E-state index contributed by atoms with van der Waals surface area (Å²) in [6, 6.07) is 1.82. The van der Waals surface area contributed by atoms with Crippen LogP contribution in [0.15, 0.2) is 24.4 Å². The largest absolute Gasteiger partial charge is 0.401 e. The molecule has 0 amide bonds. The Hall–Kier alpha value is -1.23. The summed E-state index contributed by atoms with van der Waals surface area (Å²) < 4.78 is 0. The highest BCUT2D eigenvalue weighted by atomic mass is 14.6. The molecule has 0 radical (unpaired) electrons. The molecule has 2 N–H and O–H groups in total. The Balaban J connectivity index is 3.65. The van der Waals surface area contributed by atoms with Crippen LogP contribution in [0.25, 0.3) is 0 Å². The van der Waals surface area contributed by atoms with Gasteiger partial charge in [0.25, 0.3) is 0 Å². The van der Waals surface area contributed by atoms with Crippen molar-refractivity contribution in [3.8, 4) is 6.07 Å². The Morgan fingerprint density at radius 3 is 2.88 bits per heavy atom. The van der Waals surface area contributed by atoms with E-state index in [1.165, 1.54) is 6.08 Å². The Morgan fingerprint density at radius 1 is 1.88 bits per heavy atom. The number of nitriles is 1. The van der Waals surface area contributed by atoms with E-state index in [1.54, 1.807) is 6.08 Å². The highest BCUT2D eigenvalue weighted by molar-refractivity contribution is 5.12. The van der Waals surface area contributed by atoms with Gasteiger partial charge in [-0.05, 0) is 0 Å². The molecule has 2 heteroatoms. The van der Waals surface area contributed by atoms with Crippen molar-refractivity contribution in [1.82, 2.24) is 0 Å². The summed E-state index contributed by atoms with van der Waals surface area (Å²) >= 11 is 0. The van der Waals surface area contributed by atoms with E-state index < -0.39 is 0 Å². The van der Waals surface area contributed by atoms with Crippen molar-refractivity contribution in [2.45, 2.75) is 6.42 Å². The van der Waals surface area contributed by atoms with Crippen molar-refractivity contribution < 1.29 is 0 Å². The lowest BCUT2D eigenvalue weighted by Gasteiger charge is -1.87. The third kappa shape index (κ3) is 2.98. The number of hydrogen-bond donors (Lipinski definition) is 1. The molecular formula is C6H8N2. The van der Waals surface area contributed by atoms with Crippen LogP contribution < -0.4 is 5.73 Å². The molecule has 0 saturated heterocycles. The number of allylic oxidation sites excluding steroid dienone is 2. The lowest BCUT2D eigenvalue weighted by molar-refractivity contribution is 1.17. The monoisotopic (exact) mass is 108 g/mol. The van der Waals surface area contributed by atoms with Crippen molar-refractivity contribution in [3.05, 3.63) is 24.4 Å². The first-order valence-corrected chi connectivity index (χ1v) is 2.26. The lowest BCUT2D eigenvalue weighted by Crippen LogP contribution is -1.93. The highest BCUT2D eigenvalue weighted by Gasteiger charge is 1.79. The maximum Gasteiger partial charge on any atom is 0.0930 e. The average molecular weight is 108 g/mol. The molecule has 0 unspecified atom stereocenters. The van der Waals surface area contributed by atoms with E-state index in [0.717, 1.165) is 0 Å². The highest BCUT2D eigenvalue weighted by Crippen LogP contribution is 1.89. The van der Waals surface area contributed by atoms with Gasteiger partial charge in [0.2, 0.25) is 0 Å². The zero-order chi connectivity index (χ0) is 6.41. The Labute approximate surface area is 48.9 Å². The SMILES string of the molecule is C=CC/C(N)=C/C#N. The predicted molar refractivity (Wildman–Crippen MR) is 32.7 cm³/mol. The van der Waals surface area contributed by atoms with E-state index in [2.05, 4.69) is 6.58 Å². The molecule has 0 aliphatic heterocycles. The molecule has 0 aliphatic carbocycles. The van der Waals surface area contributed by atoms with Crippen LogP contribution in [0.2, 0.25) is 0 Å². The first-order valence-electron chi connectivity index (χ1n) is 2.26. The zero-order valence-electron chi connectivity index (χ0n) is 4.59. The van der Waals surface area contributed by atoms with Crippen LogP contribution in [0.3, 0.4) is 0 Å². The van der Waals surface area contributed by atoms with Crippen molar-refractivity contribution in [2.75, 3.05) is 0 Å². The summed E-state index contributed by atoms with van der Waals surface area (Å²) in [4.78, 5) is 0. The average Bonchev–Trinajstić information content (AvgIpc) is 1.68. The molecule has 0 rings (SSSR count). The van der Waals surface area contributed by atoms with Crippen molar-refractivity contribution in [2.24, 2.45) is 5.73 Å². The smallest absolute Gasteiger partial charge is 0.0930 e. The standard InChI is InChI=1S/C6H8N2/c1-2-3-6(8)4-5-7/h2,4H,1,3,8H2/b6-4-. The molecule has 0 aromatic carbocycles. The van der Waals surface area contributed by atoms with Crippen LogP contribution in [-0.4, -0.2) is 0 Å². The van der Waals surface area contributed by atoms with Gasteiger partial charge in [-0.2, -0.15) is 5.26 Å². The molecule has 0 aromatic heterocycles. The van der Waals surface area contributed by atoms with Crippen LogP contribution in [0.4, 0.5) is 0 Å². The van der Waals surface area contributed by atoms with Gasteiger partial charge in [0.1, 0.15) is 0 Å². The summed E-state index contributed by atoms with van der Waals surface area (Å²) in [5.74, 6) is 0. The maximum absolute atomic E-state index is 8.02. The van der Waals surface area contributed by atoms with Gasteiger partial charge in [0, 0.05) is 18.2 Å². The van der Waals surface area contributed by atoms with Gasteiger partial charge in [-0.25, -0.2) is 0 Å². The number of rotatable bonds is 2. The predicted octanol–water partition coefficient (Wildman–Crippen LogP) is 0.929. The normalized spacial score (nSPS) is 10.1. The van der Waals surface area contributed by atoms with E-state index in [-0.39, 0.29) is 0 Å². The summed E-state index contributed by atoms with van der Waals surface area (Å²) in [6.07, 6.45) is 3.55. The van der Waals surface area contributed by atoms with E-state index in [9.17, 15) is 0 Å². The molecule has 0 aromatic rings. The second-order valence-electron chi connectivity index (χ2n) is 1.34. The van der Waals surface area contributed by atoms with Gasteiger partial charge in [-0.1, -0.05) is 6.08 Å². The van der Waals surface area contributed by atoms with Crippen LogP contribution in [0.5, 0.6) is 0 Å². The van der Waals surface area contributed by atoms with Crippen LogP contribution >= 0.6 is 0 Å². The molecule has 8 heavy (non-hydrogen) atoms. The molecule has 0 heterocycles. The summed E-state index contributed by atoms with van der Waals surface area (Å²) in [5.41, 5.74) is 5.82. The fourth-order valence-electron chi connectivity index (χ4n) is 0.309. The Morgan fingerprint density at radius 2 is 2.50 bits per heavy atom. The minimum Gasteiger partial charge on any atom is -0.401 e. The Kier molecular flexibility index (Phi) is 3.34. The van der Waals surface area contributed by atoms with Gasteiger partial charge in [-0.15, -0.1) is 6.58 Å².